The van der Waals surface area contributed by atoms with Crippen LogP contribution in [0.2, 0.25) is 0 Å². The minimum absolute atomic E-state index is 0.0586. The van der Waals surface area contributed by atoms with Crippen LogP contribution in [-0.2, 0) is 4.79 Å². The highest BCUT2D eigenvalue weighted by molar-refractivity contribution is 7.10. The molecule has 2 aromatic heterocycles. The van der Waals surface area contributed by atoms with E-state index in [0.29, 0.717) is 28.9 Å². The van der Waals surface area contributed by atoms with Gasteiger partial charge in [-0.25, -0.2) is 0 Å². The number of nitrogens with two attached hydrogens (primary N) is 2. The van der Waals surface area contributed by atoms with E-state index in [0.717, 1.165) is 23.5 Å². The normalized spacial score (nSPS) is 12.1. The Balaban J connectivity index is 2.11. The SMILES string of the molecule is CC(C)CCNC(=O)[C@H](c1cccs1)N(C(=O)c1snc(C(N)=O)c1N)c1ccc(C(C)C)cc1. The first-order valence-electron chi connectivity index (χ1n) is 11.4. The Kier molecular flexibility index (Phi) is 8.63. The van der Waals surface area contributed by atoms with Gasteiger partial charge in [0, 0.05) is 17.1 Å². The zero-order valence-electron chi connectivity index (χ0n) is 20.3. The molecule has 35 heavy (non-hydrogen) atoms. The number of benzene rings is 1. The van der Waals surface area contributed by atoms with Gasteiger partial charge in [-0.15, -0.1) is 11.3 Å². The lowest BCUT2D eigenvalue weighted by molar-refractivity contribution is -0.122. The average Bonchev–Trinajstić information content (AvgIpc) is 3.46. The lowest BCUT2D eigenvalue weighted by atomic mass is 10.0. The summed E-state index contributed by atoms with van der Waals surface area (Å²) >= 11 is 2.18. The molecule has 0 aliphatic carbocycles. The number of carbonyl (C=O) groups excluding carboxylic acids is 3. The third-order valence-electron chi connectivity index (χ3n) is 5.55. The Hall–Kier alpha value is -3.24. The second-order valence-electron chi connectivity index (χ2n) is 8.95. The molecular formula is C25H31N5O3S2. The summed E-state index contributed by atoms with van der Waals surface area (Å²) in [5.74, 6) is -0.918. The van der Waals surface area contributed by atoms with Crippen molar-refractivity contribution < 1.29 is 14.4 Å². The Bertz CT molecular complexity index is 1170. The van der Waals surface area contributed by atoms with Crippen molar-refractivity contribution in [2.75, 3.05) is 17.2 Å². The molecule has 0 aliphatic heterocycles. The molecule has 2 heterocycles. The topological polar surface area (TPSA) is 131 Å². The maximum absolute atomic E-state index is 13.9. The van der Waals surface area contributed by atoms with Gasteiger partial charge in [0.1, 0.15) is 4.88 Å². The largest absolute Gasteiger partial charge is 0.395 e. The number of carbonyl (C=O) groups is 3. The number of amides is 3. The molecule has 0 saturated carbocycles. The summed E-state index contributed by atoms with van der Waals surface area (Å²) in [5.41, 5.74) is 12.9. The molecule has 0 unspecified atom stereocenters. The fraction of sp³-hybridized carbons (Fsp3) is 0.360. The highest BCUT2D eigenvalue weighted by atomic mass is 32.1. The number of primary amides is 1. The number of thiophene rings is 1. The standard InChI is InChI=1S/C25H31N5O3S2/c1-14(2)11-12-28-24(32)21(18-6-5-13-34-18)30(17-9-7-16(8-10-17)15(3)4)25(33)22-19(26)20(23(27)31)29-35-22/h5-10,13-15,21H,11-12,26H2,1-4H3,(H2,27,31)(H,28,32)/t21-/m0/s1. The van der Waals surface area contributed by atoms with Crippen LogP contribution in [-0.4, -0.2) is 28.6 Å². The molecule has 0 bridgehead atoms. The van der Waals surface area contributed by atoms with Gasteiger partial charge in [-0.1, -0.05) is 45.9 Å². The second-order valence-corrected chi connectivity index (χ2v) is 10.7. The molecule has 186 valence electrons. The van der Waals surface area contributed by atoms with Crippen molar-refractivity contribution in [3.8, 4) is 0 Å². The van der Waals surface area contributed by atoms with Gasteiger partial charge < -0.3 is 16.8 Å². The molecule has 3 aromatic rings. The van der Waals surface area contributed by atoms with Gasteiger partial charge in [0.25, 0.3) is 11.8 Å². The number of nitrogen functional groups attached to an aromatic ring is 1. The number of hydrogen-bond donors (Lipinski definition) is 3. The molecule has 1 aromatic carbocycles. The minimum Gasteiger partial charge on any atom is -0.395 e. The van der Waals surface area contributed by atoms with E-state index in [4.69, 9.17) is 11.5 Å². The molecular weight excluding hydrogens is 482 g/mol. The second kappa shape index (κ2) is 11.5. The van der Waals surface area contributed by atoms with Crippen LogP contribution in [0.5, 0.6) is 0 Å². The third-order valence-corrected chi connectivity index (χ3v) is 7.33. The number of anilines is 2. The van der Waals surface area contributed by atoms with E-state index >= 15 is 0 Å². The van der Waals surface area contributed by atoms with Crippen molar-refractivity contribution in [1.29, 1.82) is 0 Å². The average molecular weight is 514 g/mol. The van der Waals surface area contributed by atoms with Crippen LogP contribution < -0.4 is 21.7 Å². The predicted octanol–water partition coefficient (Wildman–Crippen LogP) is 4.56. The fourth-order valence-electron chi connectivity index (χ4n) is 3.54. The van der Waals surface area contributed by atoms with Crippen molar-refractivity contribution in [2.24, 2.45) is 11.7 Å². The van der Waals surface area contributed by atoms with E-state index < -0.39 is 17.9 Å². The van der Waals surface area contributed by atoms with Gasteiger partial charge >= 0.3 is 0 Å². The molecule has 0 spiro atoms. The summed E-state index contributed by atoms with van der Waals surface area (Å²) in [6.07, 6.45) is 0.809. The minimum atomic E-state index is -0.932. The molecule has 0 aliphatic rings. The van der Waals surface area contributed by atoms with Crippen LogP contribution >= 0.6 is 22.9 Å². The monoisotopic (exact) mass is 513 g/mol. The van der Waals surface area contributed by atoms with Crippen molar-refractivity contribution in [1.82, 2.24) is 9.69 Å². The van der Waals surface area contributed by atoms with Gasteiger partial charge in [0.2, 0.25) is 5.91 Å². The summed E-state index contributed by atoms with van der Waals surface area (Å²) < 4.78 is 3.98. The van der Waals surface area contributed by atoms with Crippen molar-refractivity contribution in [3.63, 3.8) is 0 Å². The van der Waals surface area contributed by atoms with Crippen molar-refractivity contribution in [3.05, 3.63) is 62.8 Å². The molecule has 0 radical (unpaired) electrons. The number of hydrogen-bond acceptors (Lipinski definition) is 7. The van der Waals surface area contributed by atoms with Crippen molar-refractivity contribution in [2.45, 2.75) is 46.1 Å². The highest BCUT2D eigenvalue weighted by Crippen LogP contribution is 2.35. The molecule has 0 fully saturated rings. The first kappa shape index (κ1) is 26.4. The number of aromatic nitrogens is 1. The Morgan fingerprint density at radius 2 is 1.77 bits per heavy atom. The van der Waals surface area contributed by atoms with Gasteiger partial charge in [-0.05, 0) is 58.9 Å². The van der Waals surface area contributed by atoms with Crippen LogP contribution in [0, 0.1) is 5.92 Å². The zero-order valence-corrected chi connectivity index (χ0v) is 21.9. The fourth-order valence-corrected chi connectivity index (χ4v) is 5.10. The smallest absolute Gasteiger partial charge is 0.273 e. The number of nitrogens with one attached hydrogen (secondary N) is 1. The quantitative estimate of drug-likeness (QED) is 0.366. The molecule has 0 saturated heterocycles. The molecule has 5 N–H and O–H groups in total. The van der Waals surface area contributed by atoms with Crippen LogP contribution in [0.25, 0.3) is 0 Å². The van der Waals surface area contributed by atoms with Crippen molar-refractivity contribution >= 4 is 52.0 Å². The van der Waals surface area contributed by atoms with E-state index in [1.807, 2.05) is 41.8 Å². The predicted molar refractivity (Wildman–Crippen MR) is 142 cm³/mol. The number of rotatable bonds is 10. The van der Waals surface area contributed by atoms with Crippen LogP contribution in [0.1, 0.15) is 76.7 Å². The third kappa shape index (κ3) is 6.07. The maximum Gasteiger partial charge on any atom is 0.273 e. The molecule has 3 amide bonds. The zero-order chi connectivity index (χ0) is 25.7. The van der Waals surface area contributed by atoms with E-state index in [9.17, 15) is 14.4 Å². The highest BCUT2D eigenvalue weighted by Gasteiger charge is 2.36. The number of nitrogens with zero attached hydrogens (tertiary/aromatic N) is 2. The Morgan fingerprint density at radius 1 is 1.09 bits per heavy atom. The first-order chi connectivity index (χ1) is 16.6. The van der Waals surface area contributed by atoms with E-state index in [2.05, 4.69) is 37.4 Å². The molecule has 10 heteroatoms. The summed E-state index contributed by atoms with van der Waals surface area (Å²) in [6.45, 7) is 8.81. The van der Waals surface area contributed by atoms with Gasteiger partial charge in [-0.3, -0.25) is 19.3 Å². The summed E-state index contributed by atoms with van der Waals surface area (Å²) in [5, 5.41) is 4.84. The summed E-state index contributed by atoms with van der Waals surface area (Å²) in [6, 6.07) is 10.2. The lowest BCUT2D eigenvalue weighted by Crippen LogP contribution is -2.44. The molecule has 3 rings (SSSR count). The van der Waals surface area contributed by atoms with Crippen LogP contribution in [0.3, 0.4) is 0 Å². The van der Waals surface area contributed by atoms with Gasteiger partial charge in [0.15, 0.2) is 11.7 Å². The lowest BCUT2D eigenvalue weighted by Gasteiger charge is -2.30. The van der Waals surface area contributed by atoms with Gasteiger partial charge in [-0.2, -0.15) is 4.37 Å². The summed E-state index contributed by atoms with van der Waals surface area (Å²) in [7, 11) is 0. The van der Waals surface area contributed by atoms with E-state index in [1.165, 1.54) is 16.2 Å². The Labute approximate surface area is 213 Å². The van der Waals surface area contributed by atoms with Crippen LogP contribution in [0.15, 0.2) is 41.8 Å². The molecule has 8 nitrogen and oxygen atoms in total. The van der Waals surface area contributed by atoms with Crippen LogP contribution in [0.4, 0.5) is 11.4 Å². The first-order valence-corrected chi connectivity index (χ1v) is 13.1. The van der Waals surface area contributed by atoms with E-state index in [1.54, 1.807) is 0 Å². The maximum atomic E-state index is 13.9. The van der Waals surface area contributed by atoms with E-state index in [-0.39, 0.29) is 22.2 Å². The molecule has 1 atom stereocenters. The Morgan fingerprint density at radius 3 is 2.29 bits per heavy atom. The summed E-state index contributed by atoms with van der Waals surface area (Å²) in [4.78, 5) is 41.3. The van der Waals surface area contributed by atoms with Gasteiger partial charge in [0.05, 0.1) is 5.69 Å².